The maximum Gasteiger partial charge on any atom is 0.598 e. The quantitative estimate of drug-likeness (QED) is 0.101. The standard InChI is InChI=1S/C39H21BF12O2/c1-2-15-40-53-34-28(26-18-22(36(41,42)43)11-13-30(26)38(47,48)49)16-20-7-3-5-9-24(20)32(34)33-25-10-6-4-8-21(25)17-29(35(33)54-40)27-19-23(37(44,45)46)12-14-31(27)39(50,51)52/h2-14,16-19H,1,15H2. The zero-order valence-corrected chi connectivity index (χ0v) is 27.2. The number of hydrogen-bond acceptors (Lipinski definition) is 2. The maximum absolute atomic E-state index is 14.6. The summed E-state index contributed by atoms with van der Waals surface area (Å²) in [5, 5.41) is 0.864. The molecule has 276 valence electrons. The van der Waals surface area contributed by atoms with Crippen molar-refractivity contribution in [1.29, 1.82) is 0 Å². The Morgan fingerprint density at radius 1 is 0.481 bits per heavy atom. The average Bonchev–Trinajstić information content (AvgIpc) is 3.26. The Bertz CT molecular complexity index is 2290. The summed E-state index contributed by atoms with van der Waals surface area (Å²) in [5.74, 6) is -0.821. The molecule has 1 aliphatic rings. The van der Waals surface area contributed by atoms with Gasteiger partial charge >= 0.3 is 31.8 Å². The van der Waals surface area contributed by atoms with Crippen LogP contribution in [0.5, 0.6) is 11.5 Å². The Kier molecular flexibility index (Phi) is 8.69. The van der Waals surface area contributed by atoms with E-state index in [0.717, 1.165) is 0 Å². The van der Waals surface area contributed by atoms with Crippen molar-refractivity contribution in [3.63, 3.8) is 0 Å². The van der Waals surface area contributed by atoms with Crippen molar-refractivity contribution in [1.82, 2.24) is 0 Å². The molecule has 0 unspecified atom stereocenters. The SMILES string of the molecule is C=CCB1Oc2c(-c3cc(C(F)(F)F)ccc3C(F)(F)F)cc3ccccc3c2-c2c(c(-c3cc(C(F)(F)F)ccc3C(F)(F)F)cc3ccccc23)O1. The molecule has 0 N–H and O–H groups in total. The number of allylic oxidation sites excluding steroid dienone is 1. The van der Waals surface area contributed by atoms with Crippen molar-refractivity contribution in [2.45, 2.75) is 31.0 Å². The molecule has 2 nitrogen and oxygen atoms in total. The van der Waals surface area contributed by atoms with Crippen LogP contribution in [-0.4, -0.2) is 7.12 Å². The Labute approximate surface area is 298 Å². The number of halogens is 12. The van der Waals surface area contributed by atoms with E-state index >= 15 is 0 Å². The van der Waals surface area contributed by atoms with Gasteiger partial charge in [0.15, 0.2) is 0 Å². The molecule has 1 heterocycles. The van der Waals surface area contributed by atoms with Gasteiger partial charge in [0.05, 0.1) is 22.3 Å². The van der Waals surface area contributed by atoms with Crippen LogP contribution in [0.3, 0.4) is 0 Å². The lowest BCUT2D eigenvalue weighted by atomic mass is 9.83. The van der Waals surface area contributed by atoms with E-state index in [4.69, 9.17) is 9.31 Å². The highest BCUT2D eigenvalue weighted by Crippen LogP contribution is 2.56. The van der Waals surface area contributed by atoms with Crippen LogP contribution in [0.4, 0.5) is 52.7 Å². The lowest BCUT2D eigenvalue weighted by Crippen LogP contribution is -2.28. The third-order valence-electron chi connectivity index (χ3n) is 9.00. The highest BCUT2D eigenvalue weighted by molar-refractivity contribution is 6.48. The normalized spacial score (nSPS) is 13.6. The van der Waals surface area contributed by atoms with Gasteiger partial charge in [-0.1, -0.05) is 54.6 Å². The fourth-order valence-corrected chi connectivity index (χ4v) is 6.70. The third-order valence-corrected chi connectivity index (χ3v) is 9.00. The molecule has 0 saturated heterocycles. The lowest BCUT2D eigenvalue weighted by molar-refractivity contribution is -0.141. The lowest BCUT2D eigenvalue weighted by Gasteiger charge is -2.23. The molecule has 0 spiro atoms. The minimum absolute atomic E-state index is 0.0752. The first-order valence-electron chi connectivity index (χ1n) is 15.9. The van der Waals surface area contributed by atoms with Crippen LogP contribution in [0.25, 0.3) is 54.9 Å². The topological polar surface area (TPSA) is 18.5 Å². The van der Waals surface area contributed by atoms with Crippen LogP contribution in [0.15, 0.2) is 110 Å². The Morgan fingerprint density at radius 3 is 1.22 bits per heavy atom. The smallest absolute Gasteiger partial charge is 0.525 e. The molecular weight excluding hydrogens is 739 g/mol. The minimum Gasteiger partial charge on any atom is -0.525 e. The highest BCUT2D eigenvalue weighted by Gasteiger charge is 2.42. The van der Waals surface area contributed by atoms with E-state index in [9.17, 15) is 52.7 Å². The largest absolute Gasteiger partial charge is 0.598 e. The molecule has 0 aromatic heterocycles. The molecule has 0 aliphatic carbocycles. The van der Waals surface area contributed by atoms with Crippen LogP contribution < -0.4 is 9.31 Å². The molecule has 15 heteroatoms. The van der Waals surface area contributed by atoms with Gasteiger partial charge in [-0.15, -0.1) is 6.58 Å². The first-order valence-corrected chi connectivity index (χ1v) is 15.9. The van der Waals surface area contributed by atoms with Crippen LogP contribution in [0.2, 0.25) is 6.32 Å². The van der Waals surface area contributed by atoms with Crippen molar-refractivity contribution in [3.8, 4) is 44.9 Å². The van der Waals surface area contributed by atoms with Crippen LogP contribution in [-0.2, 0) is 24.7 Å². The zero-order chi connectivity index (χ0) is 39.0. The summed E-state index contributed by atoms with van der Waals surface area (Å²) in [6, 6.07) is 16.3. The first-order chi connectivity index (χ1) is 25.3. The molecule has 0 radical (unpaired) electrons. The van der Waals surface area contributed by atoms with Gasteiger partial charge in [-0.05, 0) is 81.2 Å². The Balaban J connectivity index is 1.70. The number of rotatable bonds is 4. The number of alkyl halides is 12. The summed E-state index contributed by atoms with van der Waals surface area (Å²) >= 11 is 0. The van der Waals surface area contributed by atoms with Gasteiger partial charge in [0.2, 0.25) is 0 Å². The van der Waals surface area contributed by atoms with Gasteiger partial charge in [-0.3, -0.25) is 0 Å². The molecule has 0 atom stereocenters. The summed E-state index contributed by atoms with van der Waals surface area (Å²) in [5.41, 5.74) is -8.61. The fourth-order valence-electron chi connectivity index (χ4n) is 6.70. The van der Waals surface area contributed by atoms with Gasteiger partial charge < -0.3 is 9.31 Å². The summed E-state index contributed by atoms with van der Waals surface area (Å²) in [6.45, 7) is 3.62. The van der Waals surface area contributed by atoms with Gasteiger partial charge in [-0.2, -0.15) is 52.7 Å². The Morgan fingerprint density at radius 2 is 0.870 bits per heavy atom. The highest BCUT2D eigenvalue weighted by atomic mass is 19.4. The predicted octanol–water partition coefficient (Wildman–Crippen LogP) is 13.5. The van der Waals surface area contributed by atoms with Crippen molar-refractivity contribution >= 4 is 28.7 Å². The number of benzene rings is 6. The predicted molar refractivity (Wildman–Crippen MR) is 180 cm³/mol. The molecule has 0 bridgehead atoms. The van der Waals surface area contributed by atoms with E-state index in [2.05, 4.69) is 6.58 Å². The second-order valence-corrected chi connectivity index (χ2v) is 12.4. The van der Waals surface area contributed by atoms with Crippen molar-refractivity contribution < 1.29 is 62.0 Å². The second kappa shape index (κ2) is 12.8. The minimum atomic E-state index is -5.17. The van der Waals surface area contributed by atoms with Gasteiger partial charge in [0, 0.05) is 28.6 Å². The zero-order valence-electron chi connectivity index (χ0n) is 27.2. The summed E-state index contributed by atoms with van der Waals surface area (Å²) < 4.78 is 184. The van der Waals surface area contributed by atoms with E-state index in [1.54, 1.807) is 12.1 Å². The average molecular weight is 760 g/mol. The van der Waals surface area contributed by atoms with Crippen LogP contribution in [0, 0.1) is 0 Å². The van der Waals surface area contributed by atoms with Gasteiger partial charge in [0.1, 0.15) is 11.5 Å². The molecule has 1 aliphatic heterocycles. The molecular formula is C39H21BF12O2. The fraction of sp³-hybridized carbons (Fsp3) is 0.128. The molecule has 0 saturated carbocycles. The van der Waals surface area contributed by atoms with E-state index in [0.29, 0.717) is 36.4 Å². The van der Waals surface area contributed by atoms with E-state index in [1.807, 2.05) is 0 Å². The Hall–Kier alpha value is -5.60. The monoisotopic (exact) mass is 760 g/mol. The number of fused-ring (bicyclic) bond motifs is 7. The van der Waals surface area contributed by atoms with Crippen LogP contribution >= 0.6 is 0 Å². The third kappa shape index (κ3) is 6.49. The van der Waals surface area contributed by atoms with E-state index in [-0.39, 0.29) is 39.0 Å². The summed E-state index contributed by atoms with van der Waals surface area (Å²) in [4.78, 5) is 0. The molecule has 54 heavy (non-hydrogen) atoms. The van der Waals surface area contributed by atoms with Crippen molar-refractivity contribution in [2.24, 2.45) is 0 Å². The number of hydrogen-bond donors (Lipinski definition) is 0. The van der Waals surface area contributed by atoms with E-state index in [1.165, 1.54) is 54.6 Å². The molecule has 7 rings (SSSR count). The van der Waals surface area contributed by atoms with Crippen LogP contribution in [0.1, 0.15) is 22.3 Å². The van der Waals surface area contributed by atoms with Gasteiger partial charge in [-0.25, -0.2) is 0 Å². The molecule has 6 aromatic rings. The first kappa shape index (κ1) is 36.8. The van der Waals surface area contributed by atoms with Gasteiger partial charge in [0.25, 0.3) is 0 Å². The molecule has 6 aromatic carbocycles. The second-order valence-electron chi connectivity index (χ2n) is 12.4. The maximum atomic E-state index is 14.6. The summed E-state index contributed by atoms with van der Waals surface area (Å²) in [6.07, 6.45) is -19.5. The van der Waals surface area contributed by atoms with Crippen molar-refractivity contribution in [2.75, 3.05) is 0 Å². The molecule has 0 amide bonds. The summed E-state index contributed by atoms with van der Waals surface area (Å²) in [7, 11) is -1.59. The van der Waals surface area contributed by atoms with Crippen molar-refractivity contribution in [3.05, 3.63) is 132 Å². The molecule has 0 fully saturated rings. The van der Waals surface area contributed by atoms with E-state index < -0.39 is 87.8 Å².